The Hall–Kier alpha value is -1.69. The number of para-hydroxylation sites is 1. The third kappa shape index (κ3) is 6.08. The maximum absolute atomic E-state index is 12.2. The van der Waals surface area contributed by atoms with E-state index in [4.69, 9.17) is 9.84 Å². The lowest BCUT2D eigenvalue weighted by molar-refractivity contribution is -0.143. The molecule has 2 N–H and O–H groups in total. The fraction of sp³-hybridized carbons (Fsp3) is 0.467. The number of hydrogen-bond donors (Lipinski definition) is 2. The second-order valence-corrected chi connectivity index (χ2v) is 5.49. The van der Waals surface area contributed by atoms with Crippen LogP contribution in [0.15, 0.2) is 30.3 Å². The Labute approximate surface area is 129 Å². The molecule has 1 aromatic rings. The van der Waals surface area contributed by atoms with Crippen molar-refractivity contribution in [3.8, 4) is 5.75 Å². The molecule has 0 aliphatic rings. The van der Waals surface area contributed by atoms with Gasteiger partial charge in [-0.15, -0.1) is 0 Å². The Balaban J connectivity index is 2.62. The first kappa shape index (κ1) is 17.4. The number of carbonyl (C=O) groups excluding carboxylic acids is 1. The van der Waals surface area contributed by atoms with Crippen molar-refractivity contribution in [3.63, 3.8) is 0 Å². The van der Waals surface area contributed by atoms with E-state index in [9.17, 15) is 9.59 Å². The molecule has 0 fully saturated rings. The highest BCUT2D eigenvalue weighted by atomic mass is 32.2. The van der Waals surface area contributed by atoms with Gasteiger partial charge in [0.05, 0.1) is 0 Å². The number of carboxylic acid groups (broad SMARTS) is 1. The molecule has 0 spiro atoms. The Morgan fingerprint density at radius 3 is 2.52 bits per heavy atom. The highest BCUT2D eigenvalue weighted by Crippen LogP contribution is 2.13. The zero-order valence-electron chi connectivity index (χ0n) is 12.2. The molecule has 21 heavy (non-hydrogen) atoms. The predicted octanol–water partition coefficient (Wildman–Crippen LogP) is 2.17. The second kappa shape index (κ2) is 9.28. The van der Waals surface area contributed by atoms with Crippen LogP contribution in [0.25, 0.3) is 0 Å². The van der Waals surface area contributed by atoms with E-state index in [0.717, 1.165) is 0 Å². The van der Waals surface area contributed by atoms with Crippen LogP contribution in [0.4, 0.5) is 0 Å². The van der Waals surface area contributed by atoms with Gasteiger partial charge >= 0.3 is 5.97 Å². The van der Waals surface area contributed by atoms with Gasteiger partial charge in [-0.3, -0.25) is 4.79 Å². The molecule has 116 valence electrons. The van der Waals surface area contributed by atoms with Crippen molar-refractivity contribution in [2.45, 2.75) is 31.9 Å². The Kier molecular flexibility index (Phi) is 7.68. The number of aliphatic carboxylic acids is 1. The van der Waals surface area contributed by atoms with Gasteiger partial charge in [0.15, 0.2) is 6.10 Å². The largest absolute Gasteiger partial charge is 0.481 e. The molecule has 0 aliphatic carbocycles. The number of carbonyl (C=O) groups is 2. The van der Waals surface area contributed by atoms with Crippen LogP contribution in [0.2, 0.25) is 0 Å². The molecule has 2 atom stereocenters. The molecule has 1 unspecified atom stereocenters. The molecule has 6 heteroatoms. The van der Waals surface area contributed by atoms with Crippen molar-refractivity contribution in [2.75, 3.05) is 12.0 Å². The third-order valence-corrected chi connectivity index (χ3v) is 3.55. The zero-order valence-corrected chi connectivity index (χ0v) is 13.1. The average molecular weight is 311 g/mol. The molecule has 5 nitrogen and oxygen atoms in total. The molecule has 0 bridgehead atoms. The van der Waals surface area contributed by atoms with E-state index < -0.39 is 24.0 Å². The number of nitrogens with one attached hydrogen (secondary N) is 1. The summed E-state index contributed by atoms with van der Waals surface area (Å²) in [5.41, 5.74) is 0. The van der Waals surface area contributed by atoms with Crippen LogP contribution in [0, 0.1) is 0 Å². The first-order chi connectivity index (χ1) is 10.1. The Morgan fingerprint density at radius 1 is 1.33 bits per heavy atom. The Morgan fingerprint density at radius 2 is 2.00 bits per heavy atom. The summed E-state index contributed by atoms with van der Waals surface area (Å²) in [6, 6.07) is 8.14. The number of benzene rings is 1. The minimum absolute atomic E-state index is 0.393. The summed E-state index contributed by atoms with van der Waals surface area (Å²) in [6.07, 6.45) is 2.07. The maximum Gasteiger partial charge on any atom is 0.326 e. The van der Waals surface area contributed by atoms with Crippen LogP contribution in [-0.4, -0.2) is 41.1 Å². The van der Waals surface area contributed by atoms with Crippen LogP contribution >= 0.6 is 11.8 Å². The molecule has 0 aliphatic heterocycles. The van der Waals surface area contributed by atoms with Gasteiger partial charge in [0.1, 0.15) is 11.8 Å². The van der Waals surface area contributed by atoms with E-state index in [-0.39, 0.29) is 0 Å². The maximum atomic E-state index is 12.2. The first-order valence-corrected chi connectivity index (χ1v) is 8.21. The number of carboxylic acids is 1. The molecule has 1 rings (SSSR count). The van der Waals surface area contributed by atoms with Crippen LogP contribution in [0.1, 0.15) is 19.8 Å². The van der Waals surface area contributed by atoms with Gasteiger partial charge < -0.3 is 15.2 Å². The second-order valence-electron chi connectivity index (χ2n) is 4.51. The molecule has 1 amide bonds. The highest BCUT2D eigenvalue weighted by Gasteiger charge is 2.25. The van der Waals surface area contributed by atoms with E-state index in [1.165, 1.54) is 0 Å². The SMILES string of the molecule is CCC(Oc1ccccc1)C(=O)N[C@@H](CCSC)C(=O)O. The van der Waals surface area contributed by atoms with Crippen molar-refractivity contribution in [1.29, 1.82) is 0 Å². The van der Waals surface area contributed by atoms with E-state index >= 15 is 0 Å². The summed E-state index contributed by atoms with van der Waals surface area (Å²) >= 11 is 1.55. The fourth-order valence-electron chi connectivity index (χ4n) is 1.74. The molecule has 0 aromatic heterocycles. The highest BCUT2D eigenvalue weighted by molar-refractivity contribution is 7.98. The summed E-state index contributed by atoms with van der Waals surface area (Å²) in [4.78, 5) is 23.3. The van der Waals surface area contributed by atoms with Crippen molar-refractivity contribution in [3.05, 3.63) is 30.3 Å². The quantitative estimate of drug-likeness (QED) is 0.731. The molecule has 0 heterocycles. The zero-order chi connectivity index (χ0) is 15.7. The first-order valence-electron chi connectivity index (χ1n) is 6.82. The molecule has 1 aromatic carbocycles. The van der Waals surface area contributed by atoms with Gasteiger partial charge in [0.25, 0.3) is 5.91 Å². The number of hydrogen-bond acceptors (Lipinski definition) is 4. The molecule has 0 radical (unpaired) electrons. The molecular weight excluding hydrogens is 290 g/mol. The summed E-state index contributed by atoms with van der Waals surface area (Å²) in [7, 11) is 0. The summed E-state index contributed by atoms with van der Waals surface area (Å²) in [5.74, 6) is -0.148. The van der Waals surface area contributed by atoms with Crippen molar-refractivity contribution in [1.82, 2.24) is 5.32 Å². The summed E-state index contributed by atoms with van der Waals surface area (Å²) < 4.78 is 5.60. The number of rotatable bonds is 9. The molecule has 0 saturated carbocycles. The minimum Gasteiger partial charge on any atom is -0.481 e. The van der Waals surface area contributed by atoms with Crippen molar-refractivity contribution < 1.29 is 19.4 Å². The van der Waals surface area contributed by atoms with Gasteiger partial charge in [0.2, 0.25) is 0 Å². The summed E-state index contributed by atoms with van der Waals surface area (Å²) in [5, 5.41) is 11.7. The van der Waals surface area contributed by atoms with Gasteiger partial charge in [-0.05, 0) is 37.0 Å². The monoisotopic (exact) mass is 311 g/mol. The van der Waals surface area contributed by atoms with Gasteiger partial charge in [-0.2, -0.15) is 11.8 Å². The van der Waals surface area contributed by atoms with Crippen molar-refractivity contribution in [2.24, 2.45) is 0 Å². The number of thioether (sulfide) groups is 1. The normalized spacial score (nSPS) is 13.2. The van der Waals surface area contributed by atoms with E-state index in [1.54, 1.807) is 23.9 Å². The number of ether oxygens (including phenoxy) is 1. The van der Waals surface area contributed by atoms with Crippen molar-refractivity contribution >= 4 is 23.6 Å². The summed E-state index contributed by atoms with van der Waals surface area (Å²) in [6.45, 7) is 1.82. The number of amides is 1. The average Bonchev–Trinajstić information content (AvgIpc) is 2.49. The Bertz CT molecular complexity index is 452. The van der Waals surface area contributed by atoms with Gasteiger partial charge in [0, 0.05) is 0 Å². The topological polar surface area (TPSA) is 75.6 Å². The molecule has 0 saturated heterocycles. The predicted molar refractivity (Wildman–Crippen MR) is 83.7 cm³/mol. The van der Waals surface area contributed by atoms with Gasteiger partial charge in [-0.1, -0.05) is 25.1 Å². The van der Waals surface area contributed by atoms with Crippen LogP contribution < -0.4 is 10.1 Å². The van der Waals surface area contributed by atoms with Crippen LogP contribution in [-0.2, 0) is 9.59 Å². The van der Waals surface area contributed by atoms with E-state index in [2.05, 4.69) is 5.32 Å². The smallest absolute Gasteiger partial charge is 0.326 e. The fourth-order valence-corrected chi connectivity index (χ4v) is 2.21. The van der Waals surface area contributed by atoms with Crippen LogP contribution in [0.5, 0.6) is 5.75 Å². The molecular formula is C15H21NO4S. The lowest BCUT2D eigenvalue weighted by Gasteiger charge is -2.20. The lowest BCUT2D eigenvalue weighted by Crippen LogP contribution is -2.47. The lowest BCUT2D eigenvalue weighted by atomic mass is 10.2. The van der Waals surface area contributed by atoms with Crippen LogP contribution in [0.3, 0.4) is 0 Å². The standard InChI is InChI=1S/C15H21NO4S/c1-3-13(20-11-7-5-4-6-8-11)14(17)16-12(15(18)19)9-10-21-2/h4-8,12-13H,3,9-10H2,1-2H3,(H,16,17)(H,18,19)/t12-,13?/m0/s1. The van der Waals surface area contributed by atoms with E-state index in [0.29, 0.717) is 24.3 Å². The van der Waals surface area contributed by atoms with E-state index in [1.807, 2.05) is 31.4 Å². The minimum atomic E-state index is -1.02. The van der Waals surface area contributed by atoms with Gasteiger partial charge in [-0.25, -0.2) is 4.79 Å². The third-order valence-electron chi connectivity index (χ3n) is 2.91.